The Bertz CT molecular complexity index is 1450. The summed E-state index contributed by atoms with van der Waals surface area (Å²) < 4.78 is 13.3. The molecule has 5 rings (SSSR count). The van der Waals surface area contributed by atoms with Crippen molar-refractivity contribution in [3.63, 3.8) is 0 Å². The molecule has 0 aliphatic rings. The van der Waals surface area contributed by atoms with Gasteiger partial charge in [-0.25, -0.2) is 0 Å². The molecule has 0 bridgehead atoms. The lowest BCUT2D eigenvalue weighted by atomic mass is 10.1. The minimum Gasteiger partial charge on any atom is -0.497 e. The monoisotopic (exact) mass is 507 g/mol. The van der Waals surface area contributed by atoms with E-state index in [1.165, 1.54) is 11.8 Å². The van der Waals surface area contributed by atoms with Crippen molar-refractivity contribution in [2.24, 2.45) is 0 Å². The standard InChI is InChI=1S/C30H25N3O3S/c1-35-26-18-14-25(15-19-26)33-29(31-32-30(33)37-21-28(34)24-10-6-3-7-11-24)20-36-27-16-12-23(13-17-27)22-8-4-2-5-9-22/h2-19H,20-21H2,1H3. The van der Waals surface area contributed by atoms with Crippen molar-refractivity contribution >= 4 is 17.5 Å². The summed E-state index contributed by atoms with van der Waals surface area (Å²) in [5, 5.41) is 9.39. The van der Waals surface area contributed by atoms with E-state index in [1.54, 1.807) is 7.11 Å². The first-order valence-corrected chi connectivity index (χ1v) is 12.8. The zero-order valence-electron chi connectivity index (χ0n) is 20.3. The van der Waals surface area contributed by atoms with Crippen molar-refractivity contribution in [2.75, 3.05) is 12.9 Å². The maximum Gasteiger partial charge on any atom is 0.196 e. The Balaban J connectivity index is 1.35. The summed E-state index contributed by atoms with van der Waals surface area (Å²) in [5.41, 5.74) is 3.81. The van der Waals surface area contributed by atoms with E-state index in [2.05, 4.69) is 22.3 Å². The number of Topliss-reactive ketones (excluding diaryl/α,β-unsaturated/α-hetero) is 1. The van der Waals surface area contributed by atoms with Gasteiger partial charge in [0.05, 0.1) is 12.9 Å². The second-order valence-electron chi connectivity index (χ2n) is 8.19. The number of hydrogen-bond donors (Lipinski definition) is 0. The summed E-state index contributed by atoms with van der Waals surface area (Å²) in [6.45, 7) is 0.219. The number of nitrogens with zero attached hydrogens (tertiary/aromatic N) is 3. The topological polar surface area (TPSA) is 66.2 Å². The van der Waals surface area contributed by atoms with Crippen LogP contribution in [-0.2, 0) is 6.61 Å². The number of ether oxygens (including phenoxy) is 2. The van der Waals surface area contributed by atoms with Crippen LogP contribution in [0.2, 0.25) is 0 Å². The molecule has 7 heteroatoms. The molecule has 0 radical (unpaired) electrons. The van der Waals surface area contributed by atoms with Crippen LogP contribution >= 0.6 is 11.8 Å². The average molecular weight is 508 g/mol. The second-order valence-corrected chi connectivity index (χ2v) is 9.13. The SMILES string of the molecule is COc1ccc(-n2c(COc3ccc(-c4ccccc4)cc3)nnc2SCC(=O)c2ccccc2)cc1. The highest BCUT2D eigenvalue weighted by Gasteiger charge is 2.17. The van der Waals surface area contributed by atoms with E-state index in [1.807, 2.05) is 102 Å². The molecule has 0 N–H and O–H groups in total. The highest BCUT2D eigenvalue weighted by atomic mass is 32.2. The Morgan fingerprint density at radius 1 is 0.757 bits per heavy atom. The van der Waals surface area contributed by atoms with Gasteiger partial charge in [0.15, 0.2) is 16.8 Å². The predicted octanol–water partition coefficient (Wildman–Crippen LogP) is 6.50. The van der Waals surface area contributed by atoms with Crippen LogP contribution in [0.15, 0.2) is 114 Å². The molecule has 0 unspecified atom stereocenters. The van der Waals surface area contributed by atoms with Crippen LogP contribution in [0, 0.1) is 0 Å². The fourth-order valence-corrected chi connectivity index (χ4v) is 4.70. The van der Waals surface area contributed by atoms with Gasteiger partial charge in [-0.3, -0.25) is 9.36 Å². The van der Waals surface area contributed by atoms with E-state index in [4.69, 9.17) is 9.47 Å². The van der Waals surface area contributed by atoms with Crippen molar-refractivity contribution < 1.29 is 14.3 Å². The van der Waals surface area contributed by atoms with Gasteiger partial charge in [0, 0.05) is 11.3 Å². The molecule has 5 aromatic rings. The Labute approximate surface area is 219 Å². The fraction of sp³-hybridized carbons (Fsp3) is 0.100. The van der Waals surface area contributed by atoms with Crippen molar-refractivity contribution in [2.45, 2.75) is 11.8 Å². The van der Waals surface area contributed by atoms with E-state index in [0.29, 0.717) is 16.5 Å². The molecule has 0 fully saturated rings. The fourth-order valence-electron chi connectivity index (χ4n) is 3.84. The molecular formula is C30H25N3O3S. The second kappa shape index (κ2) is 11.6. The first-order valence-electron chi connectivity index (χ1n) is 11.8. The van der Waals surface area contributed by atoms with Gasteiger partial charge in [-0.15, -0.1) is 10.2 Å². The van der Waals surface area contributed by atoms with Crippen LogP contribution in [0.1, 0.15) is 16.2 Å². The van der Waals surface area contributed by atoms with E-state index >= 15 is 0 Å². The molecule has 0 saturated carbocycles. The Morgan fingerprint density at radius 2 is 1.38 bits per heavy atom. The van der Waals surface area contributed by atoms with Crippen LogP contribution in [0.4, 0.5) is 0 Å². The minimum absolute atomic E-state index is 0.0335. The number of benzene rings is 4. The quantitative estimate of drug-likeness (QED) is 0.159. The van der Waals surface area contributed by atoms with Gasteiger partial charge in [-0.1, -0.05) is 84.6 Å². The average Bonchev–Trinajstić information content (AvgIpc) is 3.38. The third-order valence-corrected chi connectivity index (χ3v) is 6.72. The highest BCUT2D eigenvalue weighted by Crippen LogP contribution is 2.26. The van der Waals surface area contributed by atoms with Gasteiger partial charge in [-0.05, 0) is 47.5 Å². The van der Waals surface area contributed by atoms with Crippen LogP contribution in [0.3, 0.4) is 0 Å². The summed E-state index contributed by atoms with van der Waals surface area (Å²) in [6, 6.07) is 35.1. The smallest absolute Gasteiger partial charge is 0.196 e. The largest absolute Gasteiger partial charge is 0.497 e. The molecule has 0 spiro atoms. The lowest BCUT2D eigenvalue weighted by Crippen LogP contribution is -2.08. The van der Waals surface area contributed by atoms with E-state index in [0.717, 1.165) is 28.3 Å². The van der Waals surface area contributed by atoms with E-state index in [9.17, 15) is 4.79 Å². The lowest BCUT2D eigenvalue weighted by molar-refractivity contribution is 0.102. The molecule has 37 heavy (non-hydrogen) atoms. The van der Waals surface area contributed by atoms with Crippen molar-refractivity contribution in [1.29, 1.82) is 0 Å². The van der Waals surface area contributed by atoms with Crippen molar-refractivity contribution in [1.82, 2.24) is 14.8 Å². The maximum atomic E-state index is 12.7. The molecule has 0 aliphatic heterocycles. The van der Waals surface area contributed by atoms with Gasteiger partial charge in [0.1, 0.15) is 18.1 Å². The van der Waals surface area contributed by atoms with Gasteiger partial charge in [-0.2, -0.15) is 0 Å². The number of ketones is 1. The molecule has 184 valence electrons. The highest BCUT2D eigenvalue weighted by molar-refractivity contribution is 7.99. The van der Waals surface area contributed by atoms with E-state index < -0.39 is 0 Å². The first-order chi connectivity index (χ1) is 18.2. The van der Waals surface area contributed by atoms with Gasteiger partial charge in [0.2, 0.25) is 0 Å². The zero-order chi connectivity index (χ0) is 25.5. The zero-order valence-corrected chi connectivity index (χ0v) is 21.1. The van der Waals surface area contributed by atoms with Crippen molar-refractivity contribution in [3.8, 4) is 28.3 Å². The maximum absolute atomic E-state index is 12.7. The summed E-state index contributed by atoms with van der Waals surface area (Å²) in [4.78, 5) is 12.7. The molecule has 6 nitrogen and oxygen atoms in total. The van der Waals surface area contributed by atoms with Crippen molar-refractivity contribution in [3.05, 3.63) is 121 Å². The number of carbonyl (C=O) groups excluding carboxylic acids is 1. The Kier molecular flexibility index (Phi) is 7.62. The summed E-state index contributed by atoms with van der Waals surface area (Å²) in [6.07, 6.45) is 0. The third-order valence-electron chi connectivity index (χ3n) is 5.79. The van der Waals surface area contributed by atoms with Crippen LogP contribution in [0.25, 0.3) is 16.8 Å². The lowest BCUT2D eigenvalue weighted by Gasteiger charge is -2.12. The Hall–Kier alpha value is -4.36. The first kappa shape index (κ1) is 24.3. The normalized spacial score (nSPS) is 10.7. The summed E-state index contributed by atoms with van der Waals surface area (Å²) in [7, 11) is 1.63. The minimum atomic E-state index is 0.0335. The molecule has 4 aromatic carbocycles. The van der Waals surface area contributed by atoms with Gasteiger partial charge in [0.25, 0.3) is 0 Å². The molecular weight excluding hydrogens is 482 g/mol. The van der Waals surface area contributed by atoms with Gasteiger partial charge < -0.3 is 9.47 Å². The van der Waals surface area contributed by atoms with Crippen LogP contribution in [-0.4, -0.2) is 33.4 Å². The number of carbonyl (C=O) groups is 1. The predicted molar refractivity (Wildman–Crippen MR) is 146 cm³/mol. The molecule has 0 amide bonds. The summed E-state index contributed by atoms with van der Waals surface area (Å²) >= 11 is 1.35. The summed E-state index contributed by atoms with van der Waals surface area (Å²) in [5.74, 6) is 2.40. The molecule has 1 aromatic heterocycles. The number of methoxy groups -OCH3 is 1. The number of aromatic nitrogens is 3. The number of thioether (sulfide) groups is 1. The van der Waals surface area contributed by atoms with Crippen LogP contribution in [0.5, 0.6) is 11.5 Å². The number of rotatable bonds is 10. The van der Waals surface area contributed by atoms with E-state index in [-0.39, 0.29) is 18.1 Å². The Morgan fingerprint density at radius 3 is 2.05 bits per heavy atom. The third kappa shape index (κ3) is 5.90. The molecule has 1 heterocycles. The van der Waals surface area contributed by atoms with Gasteiger partial charge >= 0.3 is 0 Å². The molecule has 0 aliphatic carbocycles. The number of hydrogen-bond acceptors (Lipinski definition) is 6. The molecule has 0 saturated heterocycles. The molecule has 0 atom stereocenters. The van der Waals surface area contributed by atoms with Crippen LogP contribution < -0.4 is 9.47 Å².